The maximum Gasteiger partial charge on any atom is 0.272 e. The second kappa shape index (κ2) is 6.74. The predicted molar refractivity (Wildman–Crippen MR) is 83.1 cm³/mol. The van der Waals surface area contributed by atoms with E-state index in [9.17, 15) is 10.1 Å². The van der Waals surface area contributed by atoms with Crippen molar-refractivity contribution in [2.45, 2.75) is 6.42 Å². The fourth-order valence-corrected chi connectivity index (χ4v) is 2.15. The number of ether oxygens (including phenoxy) is 1. The molecular formula is C16H18N2O3. The van der Waals surface area contributed by atoms with E-state index in [1.807, 2.05) is 37.4 Å². The van der Waals surface area contributed by atoms with E-state index in [1.54, 1.807) is 25.3 Å². The summed E-state index contributed by atoms with van der Waals surface area (Å²) in [6.07, 6.45) is 0.625. The van der Waals surface area contributed by atoms with E-state index < -0.39 is 0 Å². The molecule has 0 saturated heterocycles. The zero-order chi connectivity index (χ0) is 15.2. The van der Waals surface area contributed by atoms with Gasteiger partial charge in [-0.1, -0.05) is 18.2 Å². The summed E-state index contributed by atoms with van der Waals surface area (Å²) in [6, 6.07) is 14.6. The quantitative estimate of drug-likeness (QED) is 0.604. The monoisotopic (exact) mass is 286 g/mol. The SMILES string of the molecule is COc1ccc(N(C)CCc2ccccc2[N+](=O)[O-])cc1. The molecule has 5 nitrogen and oxygen atoms in total. The lowest BCUT2D eigenvalue weighted by Crippen LogP contribution is -2.20. The topological polar surface area (TPSA) is 55.6 Å². The lowest BCUT2D eigenvalue weighted by atomic mass is 10.1. The van der Waals surface area contributed by atoms with Crippen molar-refractivity contribution in [1.82, 2.24) is 0 Å². The highest BCUT2D eigenvalue weighted by atomic mass is 16.6. The highest BCUT2D eigenvalue weighted by molar-refractivity contribution is 5.49. The molecule has 0 N–H and O–H groups in total. The van der Waals surface area contributed by atoms with Gasteiger partial charge < -0.3 is 9.64 Å². The van der Waals surface area contributed by atoms with E-state index in [-0.39, 0.29) is 10.6 Å². The Bertz CT molecular complexity index is 611. The van der Waals surface area contributed by atoms with Crippen molar-refractivity contribution in [2.75, 3.05) is 25.6 Å². The summed E-state index contributed by atoms with van der Waals surface area (Å²) in [7, 11) is 3.60. The Hall–Kier alpha value is -2.56. The Balaban J connectivity index is 2.03. The van der Waals surface area contributed by atoms with Gasteiger partial charge in [-0.25, -0.2) is 0 Å². The molecule has 0 unspecified atom stereocenters. The van der Waals surface area contributed by atoms with E-state index in [1.165, 1.54) is 0 Å². The van der Waals surface area contributed by atoms with E-state index in [0.29, 0.717) is 13.0 Å². The number of rotatable bonds is 6. The van der Waals surface area contributed by atoms with Gasteiger partial charge in [0.05, 0.1) is 12.0 Å². The van der Waals surface area contributed by atoms with Gasteiger partial charge >= 0.3 is 0 Å². The number of nitro groups is 1. The summed E-state index contributed by atoms with van der Waals surface area (Å²) in [6.45, 7) is 0.706. The van der Waals surface area contributed by atoms with Crippen LogP contribution in [-0.4, -0.2) is 25.6 Å². The molecule has 0 saturated carbocycles. The molecule has 5 heteroatoms. The van der Waals surface area contributed by atoms with Crippen LogP contribution in [0.3, 0.4) is 0 Å². The van der Waals surface area contributed by atoms with Crippen LogP contribution in [0.2, 0.25) is 0 Å². The summed E-state index contributed by atoms with van der Waals surface area (Å²) in [5.74, 6) is 0.811. The van der Waals surface area contributed by atoms with Crippen molar-refractivity contribution < 1.29 is 9.66 Å². The van der Waals surface area contributed by atoms with Crippen LogP contribution in [0.5, 0.6) is 5.75 Å². The number of nitro benzene ring substituents is 1. The van der Waals surface area contributed by atoms with Crippen molar-refractivity contribution in [3.05, 3.63) is 64.2 Å². The number of nitrogens with zero attached hydrogens (tertiary/aromatic N) is 2. The highest BCUT2D eigenvalue weighted by Gasteiger charge is 2.12. The minimum absolute atomic E-state index is 0.181. The average Bonchev–Trinajstić information content (AvgIpc) is 2.52. The van der Waals surface area contributed by atoms with Crippen molar-refractivity contribution in [1.29, 1.82) is 0 Å². The molecule has 0 spiro atoms. The van der Waals surface area contributed by atoms with Crippen LogP contribution in [0.25, 0.3) is 0 Å². The Labute approximate surface area is 123 Å². The lowest BCUT2D eigenvalue weighted by molar-refractivity contribution is -0.385. The van der Waals surface area contributed by atoms with Gasteiger partial charge in [0.15, 0.2) is 0 Å². The smallest absolute Gasteiger partial charge is 0.272 e. The van der Waals surface area contributed by atoms with Gasteiger partial charge in [0.2, 0.25) is 0 Å². The third kappa shape index (κ3) is 3.72. The number of likely N-dealkylation sites (N-methyl/N-ethyl adjacent to an activating group) is 1. The molecule has 110 valence electrons. The third-order valence-electron chi connectivity index (χ3n) is 3.42. The van der Waals surface area contributed by atoms with E-state index in [2.05, 4.69) is 4.90 Å². The first kappa shape index (κ1) is 14.8. The molecular weight excluding hydrogens is 268 g/mol. The van der Waals surface area contributed by atoms with Crippen molar-refractivity contribution in [2.24, 2.45) is 0 Å². The maximum absolute atomic E-state index is 11.0. The summed E-state index contributed by atoms with van der Waals surface area (Å²) < 4.78 is 5.13. The van der Waals surface area contributed by atoms with Crippen LogP contribution in [-0.2, 0) is 6.42 Å². The molecule has 0 aromatic heterocycles. The van der Waals surface area contributed by atoms with Gasteiger partial charge in [0.25, 0.3) is 5.69 Å². The number of benzene rings is 2. The van der Waals surface area contributed by atoms with Crippen molar-refractivity contribution in [3.8, 4) is 5.75 Å². The Morgan fingerprint density at radius 3 is 2.43 bits per heavy atom. The lowest BCUT2D eigenvalue weighted by Gasteiger charge is -2.19. The number of methoxy groups -OCH3 is 1. The number of para-hydroxylation sites is 1. The van der Waals surface area contributed by atoms with E-state index >= 15 is 0 Å². The zero-order valence-corrected chi connectivity index (χ0v) is 12.2. The van der Waals surface area contributed by atoms with Gasteiger partial charge in [-0.2, -0.15) is 0 Å². The summed E-state index contributed by atoms with van der Waals surface area (Å²) in [5.41, 5.74) is 1.98. The normalized spacial score (nSPS) is 10.2. The van der Waals surface area contributed by atoms with E-state index in [0.717, 1.165) is 17.0 Å². The first-order valence-electron chi connectivity index (χ1n) is 6.69. The first-order valence-corrected chi connectivity index (χ1v) is 6.69. The fourth-order valence-electron chi connectivity index (χ4n) is 2.15. The molecule has 0 aliphatic rings. The molecule has 0 radical (unpaired) electrons. The van der Waals surface area contributed by atoms with Gasteiger partial charge in [-0.05, 0) is 30.7 Å². The van der Waals surface area contributed by atoms with Gasteiger partial charge in [-0.15, -0.1) is 0 Å². The summed E-state index contributed by atoms with van der Waals surface area (Å²) in [4.78, 5) is 12.7. The Morgan fingerprint density at radius 1 is 1.14 bits per heavy atom. The number of anilines is 1. The first-order chi connectivity index (χ1) is 10.1. The molecule has 2 aromatic rings. The third-order valence-corrected chi connectivity index (χ3v) is 3.42. The summed E-state index contributed by atoms with van der Waals surface area (Å²) in [5, 5.41) is 11.0. The minimum Gasteiger partial charge on any atom is -0.497 e. The maximum atomic E-state index is 11.0. The molecule has 2 aromatic carbocycles. The average molecular weight is 286 g/mol. The van der Waals surface area contributed by atoms with Gasteiger partial charge in [0, 0.05) is 30.9 Å². The molecule has 0 aliphatic heterocycles. The standard InChI is InChI=1S/C16H18N2O3/c1-17(14-7-9-15(21-2)10-8-14)12-11-13-5-3-4-6-16(13)18(19)20/h3-10H,11-12H2,1-2H3. The zero-order valence-electron chi connectivity index (χ0n) is 12.2. The second-order valence-electron chi connectivity index (χ2n) is 4.76. The molecule has 0 aliphatic carbocycles. The van der Waals surface area contributed by atoms with Crippen molar-refractivity contribution >= 4 is 11.4 Å². The number of hydrogen-bond donors (Lipinski definition) is 0. The van der Waals surface area contributed by atoms with Crippen LogP contribution < -0.4 is 9.64 Å². The van der Waals surface area contributed by atoms with Crippen LogP contribution in [0.4, 0.5) is 11.4 Å². The minimum atomic E-state index is -0.331. The fraction of sp³-hybridized carbons (Fsp3) is 0.250. The highest BCUT2D eigenvalue weighted by Crippen LogP contribution is 2.21. The van der Waals surface area contributed by atoms with Crippen LogP contribution in [0.1, 0.15) is 5.56 Å². The molecule has 0 heterocycles. The molecule has 0 amide bonds. The molecule has 0 bridgehead atoms. The summed E-state index contributed by atoms with van der Waals surface area (Å²) >= 11 is 0. The predicted octanol–water partition coefficient (Wildman–Crippen LogP) is 3.28. The molecule has 0 atom stereocenters. The molecule has 21 heavy (non-hydrogen) atoms. The van der Waals surface area contributed by atoms with Crippen LogP contribution in [0, 0.1) is 10.1 Å². The van der Waals surface area contributed by atoms with Gasteiger partial charge in [0.1, 0.15) is 5.75 Å². The van der Waals surface area contributed by atoms with Crippen LogP contribution >= 0.6 is 0 Å². The van der Waals surface area contributed by atoms with E-state index in [4.69, 9.17) is 4.74 Å². The van der Waals surface area contributed by atoms with Gasteiger partial charge in [-0.3, -0.25) is 10.1 Å². The van der Waals surface area contributed by atoms with Crippen LogP contribution in [0.15, 0.2) is 48.5 Å². The van der Waals surface area contributed by atoms with Crippen molar-refractivity contribution in [3.63, 3.8) is 0 Å². The second-order valence-corrected chi connectivity index (χ2v) is 4.76. The Kier molecular flexibility index (Phi) is 4.77. The largest absolute Gasteiger partial charge is 0.497 e. The Morgan fingerprint density at radius 2 is 1.81 bits per heavy atom. The molecule has 0 fully saturated rings. The molecule has 2 rings (SSSR count). The number of hydrogen-bond acceptors (Lipinski definition) is 4.